The first kappa shape index (κ1) is 27.6. The second-order valence-electron chi connectivity index (χ2n) is 8.70. The van der Waals surface area contributed by atoms with E-state index in [1.165, 1.54) is 5.69 Å². The number of guanidine groups is 1. The monoisotopic (exact) mass is 573 g/mol. The van der Waals surface area contributed by atoms with Crippen LogP contribution < -0.4 is 15.5 Å². The van der Waals surface area contributed by atoms with E-state index in [1.54, 1.807) is 19.0 Å². The number of likely N-dealkylation sites (N-methyl/N-ethyl adjacent to an activating group) is 1. The van der Waals surface area contributed by atoms with Crippen molar-refractivity contribution >= 4 is 41.5 Å². The smallest absolute Gasteiger partial charge is 0.243 e. The number of aromatic nitrogens is 1. The Hall–Kier alpha value is -1.66. The second-order valence-corrected chi connectivity index (χ2v) is 8.70. The van der Waals surface area contributed by atoms with Gasteiger partial charge in [0.05, 0.1) is 13.2 Å². The molecule has 2 N–H and O–H groups in total. The lowest BCUT2D eigenvalue weighted by Gasteiger charge is -2.33. The van der Waals surface area contributed by atoms with Crippen LogP contribution in [0.5, 0.6) is 0 Å². The summed E-state index contributed by atoms with van der Waals surface area (Å²) in [7, 11) is 3.52. The summed E-state index contributed by atoms with van der Waals surface area (Å²) in [6.07, 6.45) is 7.01. The predicted molar refractivity (Wildman–Crippen MR) is 143 cm³/mol. The highest BCUT2D eigenvalue weighted by Crippen LogP contribution is 2.22. The Labute approximate surface area is 215 Å². The largest absolute Gasteiger partial charge is 0.379 e. The van der Waals surface area contributed by atoms with Gasteiger partial charge in [-0.05, 0) is 43.9 Å². The summed E-state index contributed by atoms with van der Waals surface area (Å²) in [6.45, 7) is 8.69. The average molecular weight is 574 g/mol. The van der Waals surface area contributed by atoms with Crippen LogP contribution >= 0.6 is 24.0 Å². The number of nitrogens with zero attached hydrogens (tertiary/aromatic N) is 5. The van der Waals surface area contributed by atoms with Crippen LogP contribution in [0.2, 0.25) is 0 Å². The van der Waals surface area contributed by atoms with Crippen LogP contribution in [-0.4, -0.2) is 106 Å². The molecule has 2 aliphatic heterocycles. The van der Waals surface area contributed by atoms with Crippen LogP contribution in [-0.2, 0) is 9.53 Å². The minimum Gasteiger partial charge on any atom is -0.379 e. The topological polar surface area (TPSA) is 85.3 Å². The zero-order valence-electron chi connectivity index (χ0n) is 20.0. The maximum Gasteiger partial charge on any atom is 0.243 e. The third-order valence-corrected chi connectivity index (χ3v) is 6.12. The molecule has 3 rings (SSSR count). The second kappa shape index (κ2) is 15.3. The molecule has 3 heterocycles. The number of rotatable bonds is 9. The summed E-state index contributed by atoms with van der Waals surface area (Å²) in [4.78, 5) is 27.1. The molecule has 33 heavy (non-hydrogen) atoms. The number of ether oxygens (including phenoxy) is 1. The number of carbonyl (C=O) groups is 1. The fourth-order valence-corrected chi connectivity index (χ4v) is 3.99. The summed E-state index contributed by atoms with van der Waals surface area (Å²) >= 11 is 0. The normalized spacial score (nSPS) is 17.9. The van der Waals surface area contributed by atoms with Gasteiger partial charge in [-0.3, -0.25) is 14.7 Å². The van der Waals surface area contributed by atoms with E-state index in [1.807, 2.05) is 12.4 Å². The highest BCUT2D eigenvalue weighted by atomic mass is 127. The van der Waals surface area contributed by atoms with Crippen molar-refractivity contribution in [2.75, 3.05) is 84.6 Å². The molecule has 186 valence electrons. The lowest BCUT2D eigenvalue weighted by Crippen LogP contribution is -2.44. The summed E-state index contributed by atoms with van der Waals surface area (Å²) in [5.41, 5.74) is 1.25. The molecule has 0 unspecified atom stereocenters. The number of morpholine rings is 1. The van der Waals surface area contributed by atoms with Crippen molar-refractivity contribution < 1.29 is 9.53 Å². The van der Waals surface area contributed by atoms with E-state index >= 15 is 0 Å². The van der Waals surface area contributed by atoms with Crippen LogP contribution in [0.4, 0.5) is 5.69 Å². The van der Waals surface area contributed by atoms with Crippen LogP contribution in [0.3, 0.4) is 0 Å². The highest BCUT2D eigenvalue weighted by molar-refractivity contribution is 14.0. The lowest BCUT2D eigenvalue weighted by molar-refractivity contribution is -0.127. The molecule has 1 aromatic heterocycles. The molecule has 0 aliphatic carbocycles. The molecule has 1 amide bonds. The number of carbonyl (C=O) groups excluding carboxylic acids is 1. The quantitative estimate of drug-likeness (QED) is 0.199. The molecule has 0 spiro atoms. The maximum atomic E-state index is 12.0. The van der Waals surface area contributed by atoms with Crippen molar-refractivity contribution in [1.82, 2.24) is 25.4 Å². The minimum absolute atomic E-state index is 0. The fourth-order valence-electron chi connectivity index (χ4n) is 3.99. The predicted octanol–water partition coefficient (Wildman–Crippen LogP) is 1.26. The molecule has 2 saturated heterocycles. The van der Waals surface area contributed by atoms with E-state index < -0.39 is 0 Å². The molecular formula is C23H40IN7O2. The van der Waals surface area contributed by atoms with E-state index in [0.29, 0.717) is 5.92 Å². The number of aliphatic imine (C=N–C) groups is 1. The third kappa shape index (κ3) is 10.0. The lowest BCUT2D eigenvalue weighted by atomic mass is 9.96. The van der Waals surface area contributed by atoms with E-state index in [0.717, 1.165) is 84.2 Å². The molecule has 0 aromatic carbocycles. The van der Waals surface area contributed by atoms with E-state index in [9.17, 15) is 4.79 Å². The molecule has 2 aliphatic rings. The number of piperidine rings is 1. The zero-order valence-corrected chi connectivity index (χ0v) is 22.4. The number of amides is 1. The van der Waals surface area contributed by atoms with Gasteiger partial charge in [0.25, 0.3) is 0 Å². The van der Waals surface area contributed by atoms with Crippen LogP contribution in [0.1, 0.15) is 19.3 Å². The molecule has 0 atom stereocenters. The Morgan fingerprint density at radius 2 is 1.85 bits per heavy atom. The Morgan fingerprint density at radius 3 is 2.52 bits per heavy atom. The van der Waals surface area contributed by atoms with Crippen LogP contribution in [0.25, 0.3) is 0 Å². The minimum atomic E-state index is 0. The molecule has 1 aromatic rings. The number of hydrogen-bond acceptors (Lipinski definition) is 6. The van der Waals surface area contributed by atoms with E-state index in [-0.39, 0.29) is 36.4 Å². The summed E-state index contributed by atoms with van der Waals surface area (Å²) in [6, 6.07) is 4.15. The van der Waals surface area contributed by atoms with Gasteiger partial charge in [-0.15, -0.1) is 24.0 Å². The Balaban J connectivity index is 0.00000385. The third-order valence-electron chi connectivity index (χ3n) is 6.12. The Morgan fingerprint density at radius 1 is 1.15 bits per heavy atom. The van der Waals surface area contributed by atoms with Gasteiger partial charge < -0.3 is 25.2 Å². The number of pyridine rings is 1. The van der Waals surface area contributed by atoms with Crippen LogP contribution in [0.15, 0.2) is 29.5 Å². The van der Waals surface area contributed by atoms with Gasteiger partial charge in [0.15, 0.2) is 5.96 Å². The van der Waals surface area contributed by atoms with Gasteiger partial charge in [0.2, 0.25) is 5.91 Å². The molecule has 0 saturated carbocycles. The van der Waals surface area contributed by atoms with Gasteiger partial charge in [0, 0.05) is 71.4 Å². The Kier molecular flexibility index (Phi) is 12.8. The zero-order chi connectivity index (χ0) is 22.6. The number of nitrogens with one attached hydrogen (secondary N) is 2. The highest BCUT2D eigenvalue weighted by Gasteiger charge is 2.20. The molecule has 10 heteroatoms. The van der Waals surface area contributed by atoms with Crippen molar-refractivity contribution in [1.29, 1.82) is 0 Å². The van der Waals surface area contributed by atoms with Gasteiger partial charge in [-0.25, -0.2) is 4.99 Å². The Bertz CT molecular complexity index is 706. The van der Waals surface area contributed by atoms with E-state index in [4.69, 9.17) is 4.74 Å². The maximum absolute atomic E-state index is 12.0. The fraction of sp³-hybridized carbons (Fsp3) is 0.696. The summed E-state index contributed by atoms with van der Waals surface area (Å²) < 4.78 is 5.41. The van der Waals surface area contributed by atoms with Crippen molar-refractivity contribution in [3.05, 3.63) is 24.5 Å². The van der Waals surface area contributed by atoms with Gasteiger partial charge >= 0.3 is 0 Å². The van der Waals surface area contributed by atoms with Crippen LogP contribution in [0, 0.1) is 5.92 Å². The molecule has 0 radical (unpaired) electrons. The number of anilines is 1. The number of halogens is 1. The van der Waals surface area contributed by atoms with Crippen molar-refractivity contribution in [3.8, 4) is 0 Å². The first-order chi connectivity index (χ1) is 15.6. The SMILES string of the molecule is CN(C)C(=O)CN=C(NCCCN1CCOCC1)NCC1CCN(c2ccncc2)CC1.I. The summed E-state index contributed by atoms with van der Waals surface area (Å²) in [5.74, 6) is 1.34. The number of hydrogen-bond donors (Lipinski definition) is 2. The molecule has 0 bridgehead atoms. The van der Waals surface area contributed by atoms with Crippen molar-refractivity contribution in [2.24, 2.45) is 10.9 Å². The van der Waals surface area contributed by atoms with E-state index in [2.05, 4.69) is 42.5 Å². The first-order valence-electron chi connectivity index (χ1n) is 11.8. The standard InChI is InChI=1S/C23H39N7O2.HI/c1-28(2)22(31)19-27-23(25-8-3-11-29-14-16-32-17-15-29)26-18-20-6-12-30(13-7-20)21-4-9-24-10-5-21;/h4-5,9-10,20H,3,6-8,11-19H2,1-2H3,(H2,25,26,27);1H. The van der Waals surface area contributed by atoms with Crippen molar-refractivity contribution in [2.45, 2.75) is 19.3 Å². The first-order valence-corrected chi connectivity index (χ1v) is 11.8. The van der Waals surface area contributed by atoms with Gasteiger partial charge in [0.1, 0.15) is 6.54 Å². The molecule has 2 fully saturated rings. The van der Waals surface area contributed by atoms with Gasteiger partial charge in [-0.2, -0.15) is 0 Å². The molecule has 9 nitrogen and oxygen atoms in total. The van der Waals surface area contributed by atoms with Gasteiger partial charge in [-0.1, -0.05) is 0 Å². The molecular weight excluding hydrogens is 533 g/mol. The average Bonchev–Trinajstić information content (AvgIpc) is 2.84. The summed E-state index contributed by atoms with van der Waals surface area (Å²) in [5, 5.41) is 6.90. The van der Waals surface area contributed by atoms with Crippen molar-refractivity contribution in [3.63, 3.8) is 0 Å².